The predicted octanol–water partition coefficient (Wildman–Crippen LogP) is 2.24. The fourth-order valence-corrected chi connectivity index (χ4v) is 2.66. The van der Waals surface area contributed by atoms with E-state index in [-0.39, 0.29) is 30.0 Å². The largest absolute Gasteiger partial charge is 0.369 e. The molecule has 0 aromatic heterocycles. The lowest BCUT2D eigenvalue weighted by molar-refractivity contribution is -0.123. The second-order valence-corrected chi connectivity index (χ2v) is 5.14. The molecule has 20 heavy (non-hydrogen) atoms. The number of amides is 1. The van der Waals surface area contributed by atoms with E-state index in [1.54, 1.807) is 0 Å². The van der Waals surface area contributed by atoms with Crippen molar-refractivity contribution in [2.75, 3.05) is 0 Å². The normalized spacial score (nSPS) is 22.8. The maximum Gasteiger partial charge on any atom is 0.222 e. The lowest BCUT2D eigenvalue weighted by atomic mass is 9.84. The smallest absolute Gasteiger partial charge is 0.222 e. The molecule has 0 saturated heterocycles. The van der Waals surface area contributed by atoms with Crippen LogP contribution in [0.1, 0.15) is 31.2 Å². The molecule has 1 aromatic carbocycles. The van der Waals surface area contributed by atoms with Crippen molar-refractivity contribution >= 4 is 5.91 Å². The minimum Gasteiger partial charge on any atom is -0.369 e. The van der Waals surface area contributed by atoms with Crippen molar-refractivity contribution in [3.8, 4) is 0 Å². The van der Waals surface area contributed by atoms with Crippen molar-refractivity contribution in [3.05, 3.63) is 35.1 Å². The molecule has 0 spiro atoms. The van der Waals surface area contributed by atoms with E-state index in [4.69, 9.17) is 5.73 Å². The second kappa shape index (κ2) is 6.26. The maximum absolute atomic E-state index is 13.5. The molecule has 3 N–H and O–H groups in total. The van der Waals surface area contributed by atoms with Gasteiger partial charge in [0, 0.05) is 24.2 Å². The van der Waals surface area contributed by atoms with Gasteiger partial charge in [0.25, 0.3) is 0 Å². The van der Waals surface area contributed by atoms with Gasteiger partial charge >= 0.3 is 0 Å². The van der Waals surface area contributed by atoms with Crippen LogP contribution in [0.3, 0.4) is 0 Å². The number of rotatable bonds is 4. The number of benzene rings is 1. The first-order chi connectivity index (χ1) is 9.49. The van der Waals surface area contributed by atoms with Crippen molar-refractivity contribution in [2.24, 2.45) is 11.7 Å². The van der Waals surface area contributed by atoms with E-state index >= 15 is 0 Å². The van der Waals surface area contributed by atoms with E-state index in [0.717, 1.165) is 25.3 Å². The number of carbonyl (C=O) groups is 1. The summed E-state index contributed by atoms with van der Waals surface area (Å²) in [5.74, 6) is -3.77. The zero-order valence-electron chi connectivity index (χ0n) is 11.0. The molecule has 1 aromatic rings. The first-order valence-corrected chi connectivity index (χ1v) is 6.65. The zero-order chi connectivity index (χ0) is 14.7. The first-order valence-electron chi connectivity index (χ1n) is 6.65. The van der Waals surface area contributed by atoms with Crippen molar-refractivity contribution < 1.29 is 18.0 Å². The minimum absolute atomic E-state index is 0.0392. The molecule has 0 bridgehead atoms. The fourth-order valence-electron chi connectivity index (χ4n) is 2.66. The second-order valence-electron chi connectivity index (χ2n) is 5.14. The summed E-state index contributed by atoms with van der Waals surface area (Å²) in [5, 5.41) is 3.03. The highest BCUT2D eigenvalue weighted by Gasteiger charge is 2.29. The molecule has 6 heteroatoms. The van der Waals surface area contributed by atoms with Crippen LogP contribution in [-0.4, -0.2) is 11.9 Å². The van der Waals surface area contributed by atoms with E-state index < -0.39 is 17.5 Å². The molecule has 1 aliphatic carbocycles. The van der Waals surface area contributed by atoms with E-state index in [1.807, 2.05) is 0 Å². The fraction of sp³-hybridized carbons (Fsp3) is 0.500. The van der Waals surface area contributed by atoms with Gasteiger partial charge in [-0.2, -0.15) is 0 Å². The van der Waals surface area contributed by atoms with Crippen molar-refractivity contribution in [3.63, 3.8) is 0 Å². The topological polar surface area (TPSA) is 55.1 Å². The number of hydrogen-bond acceptors (Lipinski definition) is 2. The van der Waals surface area contributed by atoms with Crippen LogP contribution in [0.4, 0.5) is 13.2 Å². The van der Waals surface area contributed by atoms with Gasteiger partial charge in [-0.1, -0.05) is 12.8 Å². The van der Waals surface area contributed by atoms with Crippen LogP contribution < -0.4 is 11.1 Å². The molecule has 2 atom stereocenters. The Morgan fingerprint density at radius 1 is 1.15 bits per heavy atom. The summed E-state index contributed by atoms with van der Waals surface area (Å²) >= 11 is 0. The lowest BCUT2D eigenvalue weighted by Gasteiger charge is -2.30. The quantitative estimate of drug-likeness (QED) is 0.834. The van der Waals surface area contributed by atoms with E-state index in [2.05, 4.69) is 5.32 Å². The van der Waals surface area contributed by atoms with Crippen molar-refractivity contribution in [2.45, 2.75) is 38.3 Å². The highest BCUT2D eigenvalue weighted by Crippen LogP contribution is 2.24. The Bertz CT molecular complexity index is 507. The summed E-state index contributed by atoms with van der Waals surface area (Å²) in [6, 6.07) is 1.22. The molecule has 0 aliphatic heterocycles. The molecular weight excluding hydrogens is 269 g/mol. The van der Waals surface area contributed by atoms with Gasteiger partial charge in [0.2, 0.25) is 5.91 Å². The lowest BCUT2D eigenvalue weighted by Crippen LogP contribution is -2.44. The van der Waals surface area contributed by atoms with Crippen LogP contribution in [0.25, 0.3) is 0 Å². The maximum atomic E-state index is 13.5. The van der Waals surface area contributed by atoms with Gasteiger partial charge in [0.05, 0.1) is 5.92 Å². The minimum atomic E-state index is -1.21. The molecule has 1 fully saturated rings. The number of hydrogen-bond donors (Lipinski definition) is 2. The van der Waals surface area contributed by atoms with Gasteiger partial charge in [0.1, 0.15) is 5.82 Å². The highest BCUT2D eigenvalue weighted by atomic mass is 19.2. The monoisotopic (exact) mass is 286 g/mol. The van der Waals surface area contributed by atoms with Crippen LogP contribution in [0, 0.1) is 23.4 Å². The number of carbonyl (C=O) groups excluding carboxylic acids is 1. The van der Waals surface area contributed by atoms with E-state index in [9.17, 15) is 18.0 Å². The SMILES string of the molecule is NC(=O)[C@@H]1CCCC[C@H]1NCc1cc(F)c(F)cc1F. The summed E-state index contributed by atoms with van der Waals surface area (Å²) in [4.78, 5) is 11.3. The summed E-state index contributed by atoms with van der Waals surface area (Å²) < 4.78 is 39.4. The summed E-state index contributed by atoms with van der Waals surface area (Å²) in [6.07, 6.45) is 3.36. The zero-order valence-corrected chi connectivity index (χ0v) is 11.0. The highest BCUT2D eigenvalue weighted by molar-refractivity contribution is 5.77. The molecule has 1 amide bonds. The molecule has 0 unspecified atom stereocenters. The molecule has 0 radical (unpaired) electrons. The number of nitrogens with one attached hydrogen (secondary N) is 1. The van der Waals surface area contributed by atoms with Gasteiger partial charge in [0.15, 0.2) is 11.6 Å². The summed E-state index contributed by atoms with van der Waals surface area (Å²) in [5.41, 5.74) is 5.38. The van der Waals surface area contributed by atoms with Gasteiger partial charge in [-0.15, -0.1) is 0 Å². The third-order valence-corrected chi connectivity index (χ3v) is 3.78. The third kappa shape index (κ3) is 3.30. The Kier molecular flexibility index (Phi) is 4.65. The number of halogens is 3. The summed E-state index contributed by atoms with van der Waals surface area (Å²) in [6.45, 7) is 0.0392. The Hall–Kier alpha value is -1.56. The van der Waals surface area contributed by atoms with Crippen LogP contribution in [0.15, 0.2) is 12.1 Å². The Labute approximate surface area is 115 Å². The molecule has 0 heterocycles. The third-order valence-electron chi connectivity index (χ3n) is 3.78. The molecular formula is C14H17F3N2O. The first kappa shape index (κ1) is 14.8. The predicted molar refractivity (Wildman–Crippen MR) is 68.1 cm³/mol. The van der Waals surface area contributed by atoms with Gasteiger partial charge < -0.3 is 11.1 Å². The van der Waals surface area contributed by atoms with E-state index in [0.29, 0.717) is 12.5 Å². The van der Waals surface area contributed by atoms with Gasteiger partial charge in [-0.3, -0.25) is 4.79 Å². The molecule has 110 valence electrons. The molecule has 1 saturated carbocycles. The molecule has 2 rings (SSSR count). The molecule has 3 nitrogen and oxygen atoms in total. The van der Waals surface area contributed by atoms with Crippen molar-refractivity contribution in [1.82, 2.24) is 5.32 Å². The standard InChI is InChI=1S/C14H17F3N2O/c15-10-6-12(17)11(16)5-8(10)7-19-13-4-2-1-3-9(13)14(18)20/h5-6,9,13,19H,1-4,7H2,(H2,18,20)/t9-,13-/m1/s1. The Balaban J connectivity index is 2.04. The Morgan fingerprint density at radius 2 is 1.80 bits per heavy atom. The number of primary amides is 1. The van der Waals surface area contributed by atoms with Crippen LogP contribution >= 0.6 is 0 Å². The average Bonchev–Trinajstić information content (AvgIpc) is 2.41. The van der Waals surface area contributed by atoms with Crippen LogP contribution in [0.5, 0.6) is 0 Å². The van der Waals surface area contributed by atoms with Crippen LogP contribution in [-0.2, 0) is 11.3 Å². The molecule has 1 aliphatic rings. The van der Waals surface area contributed by atoms with Gasteiger partial charge in [-0.25, -0.2) is 13.2 Å². The van der Waals surface area contributed by atoms with E-state index in [1.165, 1.54) is 0 Å². The Morgan fingerprint density at radius 3 is 2.50 bits per heavy atom. The number of nitrogens with two attached hydrogens (primary N) is 1. The van der Waals surface area contributed by atoms with Crippen molar-refractivity contribution in [1.29, 1.82) is 0 Å². The summed E-state index contributed by atoms with van der Waals surface area (Å²) in [7, 11) is 0. The van der Waals surface area contributed by atoms with Gasteiger partial charge in [-0.05, 0) is 18.9 Å². The van der Waals surface area contributed by atoms with Crippen LogP contribution in [0.2, 0.25) is 0 Å². The average molecular weight is 286 g/mol.